The van der Waals surface area contributed by atoms with E-state index in [4.69, 9.17) is 4.43 Å². The summed E-state index contributed by atoms with van der Waals surface area (Å²) >= 11 is 0. The molecule has 3 heteroatoms. The van der Waals surface area contributed by atoms with E-state index in [-0.39, 0.29) is 12.0 Å². The van der Waals surface area contributed by atoms with E-state index in [0.29, 0.717) is 0 Å². The largest absolute Gasteiger partial charge is 0.410 e. The summed E-state index contributed by atoms with van der Waals surface area (Å²) in [5.74, 6) is -0.0933. The molecule has 0 saturated heterocycles. The maximum absolute atomic E-state index is 10.6. The molecule has 0 heterocycles. The molecule has 0 aromatic rings. The van der Waals surface area contributed by atoms with Crippen LogP contribution < -0.4 is 0 Å². The van der Waals surface area contributed by atoms with Crippen molar-refractivity contribution in [3.05, 3.63) is 12.2 Å². The molecule has 0 amide bonds. The molecule has 0 N–H and O–H groups in total. The smallest absolute Gasteiger partial charge is 0.184 e. The van der Waals surface area contributed by atoms with Crippen LogP contribution in [-0.2, 0) is 9.22 Å². The quantitative estimate of drug-likeness (QED) is 0.387. The summed E-state index contributed by atoms with van der Waals surface area (Å²) in [6.45, 7) is 14.0. The first kappa shape index (κ1) is 12.6. The van der Waals surface area contributed by atoms with Gasteiger partial charge in [-0.25, -0.2) is 0 Å². The van der Waals surface area contributed by atoms with Crippen LogP contribution in [0.2, 0.25) is 19.6 Å². The lowest BCUT2D eigenvalue weighted by Crippen LogP contribution is -2.36. The second-order valence-corrected chi connectivity index (χ2v) is 8.95. The van der Waals surface area contributed by atoms with Crippen LogP contribution in [0.1, 0.15) is 13.8 Å². The minimum atomic E-state index is -1.58. The van der Waals surface area contributed by atoms with Gasteiger partial charge in [0.1, 0.15) is 6.29 Å². The average molecular weight is 200 g/mol. The van der Waals surface area contributed by atoms with E-state index in [2.05, 4.69) is 26.2 Å². The van der Waals surface area contributed by atoms with Crippen molar-refractivity contribution in [2.75, 3.05) is 0 Å². The molecular weight excluding hydrogens is 180 g/mol. The molecule has 0 bridgehead atoms. The molecule has 0 radical (unpaired) electrons. The summed E-state index contributed by atoms with van der Waals surface area (Å²) in [4.78, 5) is 10.6. The SMILES string of the molecule is C=C(C)[C@H](O[Si](C)(C)C)[C@@H](C)C=O. The Hall–Kier alpha value is -0.413. The molecular formula is C10H20O2Si. The lowest BCUT2D eigenvalue weighted by molar-refractivity contribution is -0.112. The van der Waals surface area contributed by atoms with Crippen LogP contribution in [0.25, 0.3) is 0 Å². The van der Waals surface area contributed by atoms with Gasteiger partial charge in [-0.3, -0.25) is 0 Å². The van der Waals surface area contributed by atoms with Gasteiger partial charge < -0.3 is 9.22 Å². The van der Waals surface area contributed by atoms with Crippen LogP contribution in [0, 0.1) is 5.92 Å². The van der Waals surface area contributed by atoms with Gasteiger partial charge >= 0.3 is 0 Å². The molecule has 2 nitrogen and oxygen atoms in total. The summed E-state index contributed by atoms with van der Waals surface area (Å²) in [5, 5.41) is 0. The van der Waals surface area contributed by atoms with Crippen LogP contribution >= 0.6 is 0 Å². The van der Waals surface area contributed by atoms with Gasteiger partial charge in [-0.1, -0.05) is 19.1 Å². The molecule has 2 atom stereocenters. The first-order valence-electron chi connectivity index (χ1n) is 4.56. The lowest BCUT2D eigenvalue weighted by Gasteiger charge is -2.28. The molecule has 0 aliphatic heterocycles. The topological polar surface area (TPSA) is 26.3 Å². The van der Waals surface area contributed by atoms with Crippen LogP contribution in [0.5, 0.6) is 0 Å². The van der Waals surface area contributed by atoms with E-state index in [0.717, 1.165) is 11.9 Å². The maximum atomic E-state index is 10.6. The first-order chi connectivity index (χ1) is 5.78. The summed E-state index contributed by atoms with van der Waals surface area (Å²) in [5.41, 5.74) is 0.932. The Labute approximate surface area is 82.1 Å². The molecule has 0 unspecified atom stereocenters. The predicted octanol–water partition coefficient (Wildman–Crippen LogP) is 2.62. The van der Waals surface area contributed by atoms with Gasteiger partial charge in [0.2, 0.25) is 0 Å². The maximum Gasteiger partial charge on any atom is 0.184 e. The van der Waals surface area contributed by atoms with Gasteiger partial charge in [0.05, 0.1) is 6.10 Å². The van der Waals surface area contributed by atoms with Crippen molar-refractivity contribution in [2.45, 2.75) is 39.6 Å². The first-order valence-corrected chi connectivity index (χ1v) is 7.97. The summed E-state index contributed by atoms with van der Waals surface area (Å²) in [6, 6.07) is 0. The standard InChI is InChI=1S/C10H20O2Si/c1-8(2)10(9(3)7-11)12-13(4,5)6/h7,9-10H,1H2,2-6H3/t9-,10-/m0/s1. The van der Waals surface area contributed by atoms with E-state index in [9.17, 15) is 4.79 Å². The van der Waals surface area contributed by atoms with Crippen LogP contribution in [0.15, 0.2) is 12.2 Å². The number of aldehydes is 1. The number of carbonyl (C=O) groups excluding carboxylic acids is 1. The monoisotopic (exact) mass is 200 g/mol. The number of rotatable bonds is 5. The van der Waals surface area contributed by atoms with E-state index < -0.39 is 8.32 Å². The molecule has 0 spiro atoms. The second-order valence-electron chi connectivity index (χ2n) is 4.49. The average Bonchev–Trinajstić information content (AvgIpc) is 1.96. The van der Waals surface area contributed by atoms with Crippen LogP contribution in [0.4, 0.5) is 0 Å². The van der Waals surface area contributed by atoms with E-state index in [1.54, 1.807) is 0 Å². The van der Waals surface area contributed by atoms with Crippen molar-refractivity contribution in [1.29, 1.82) is 0 Å². The highest BCUT2D eigenvalue weighted by atomic mass is 28.4. The number of hydrogen-bond donors (Lipinski definition) is 0. The van der Waals surface area contributed by atoms with Crippen molar-refractivity contribution in [2.24, 2.45) is 5.92 Å². The minimum absolute atomic E-state index is 0.0933. The van der Waals surface area contributed by atoms with Gasteiger partial charge in [-0.05, 0) is 26.6 Å². The Morgan fingerprint density at radius 1 is 1.46 bits per heavy atom. The van der Waals surface area contributed by atoms with Gasteiger partial charge in [0, 0.05) is 5.92 Å². The molecule has 76 valence electrons. The zero-order valence-corrected chi connectivity index (χ0v) is 10.3. The molecule has 0 aliphatic carbocycles. The molecule has 0 saturated carbocycles. The fraction of sp³-hybridized carbons (Fsp3) is 0.700. The molecule has 13 heavy (non-hydrogen) atoms. The van der Waals surface area contributed by atoms with Crippen LogP contribution in [0.3, 0.4) is 0 Å². The van der Waals surface area contributed by atoms with Gasteiger partial charge in [-0.15, -0.1) is 0 Å². The summed E-state index contributed by atoms with van der Waals surface area (Å²) in [6.07, 6.45) is 0.823. The Morgan fingerprint density at radius 2 is 1.92 bits per heavy atom. The fourth-order valence-electron chi connectivity index (χ4n) is 1.11. The summed E-state index contributed by atoms with van der Waals surface area (Å²) in [7, 11) is -1.58. The highest BCUT2D eigenvalue weighted by Gasteiger charge is 2.25. The molecule has 0 rings (SSSR count). The summed E-state index contributed by atoms with van der Waals surface area (Å²) < 4.78 is 5.86. The Morgan fingerprint density at radius 3 is 2.15 bits per heavy atom. The van der Waals surface area contributed by atoms with Crippen molar-refractivity contribution in [3.8, 4) is 0 Å². The Balaban J connectivity index is 4.44. The zero-order valence-electron chi connectivity index (χ0n) is 9.26. The molecule has 0 aromatic carbocycles. The van der Waals surface area contributed by atoms with E-state index in [1.165, 1.54) is 0 Å². The molecule has 0 fully saturated rings. The van der Waals surface area contributed by atoms with Gasteiger partial charge in [-0.2, -0.15) is 0 Å². The third-order valence-corrected chi connectivity index (χ3v) is 2.62. The van der Waals surface area contributed by atoms with Crippen molar-refractivity contribution < 1.29 is 9.22 Å². The Bertz CT molecular complexity index is 194. The van der Waals surface area contributed by atoms with Crippen molar-refractivity contribution >= 4 is 14.6 Å². The number of hydrogen-bond acceptors (Lipinski definition) is 2. The van der Waals surface area contributed by atoms with Gasteiger partial charge in [0.15, 0.2) is 8.32 Å². The predicted molar refractivity (Wildman–Crippen MR) is 58.3 cm³/mol. The highest BCUT2D eigenvalue weighted by Crippen LogP contribution is 2.18. The third kappa shape index (κ3) is 5.00. The van der Waals surface area contributed by atoms with Crippen molar-refractivity contribution in [3.63, 3.8) is 0 Å². The highest BCUT2D eigenvalue weighted by molar-refractivity contribution is 6.69. The molecule has 0 aliphatic rings. The van der Waals surface area contributed by atoms with Gasteiger partial charge in [0.25, 0.3) is 0 Å². The van der Waals surface area contributed by atoms with Crippen molar-refractivity contribution in [1.82, 2.24) is 0 Å². The Kier molecular flexibility index (Phi) is 4.57. The minimum Gasteiger partial charge on any atom is -0.410 e. The normalized spacial score (nSPS) is 16.4. The van der Waals surface area contributed by atoms with E-state index >= 15 is 0 Å². The number of carbonyl (C=O) groups is 1. The molecule has 0 aromatic heterocycles. The second kappa shape index (κ2) is 4.72. The zero-order chi connectivity index (χ0) is 10.6. The fourth-order valence-corrected chi connectivity index (χ4v) is 2.29. The third-order valence-electron chi connectivity index (χ3n) is 1.66. The lowest BCUT2D eigenvalue weighted by atomic mass is 10.0. The van der Waals surface area contributed by atoms with Crippen LogP contribution in [-0.4, -0.2) is 20.7 Å². The van der Waals surface area contributed by atoms with E-state index in [1.807, 2.05) is 13.8 Å².